The smallest absolute Gasteiger partial charge is 0.281 e. The molecule has 1 atom stereocenters. The average Bonchev–Trinajstić information content (AvgIpc) is 3.02. The SMILES string of the molecule is O=c1c2nccnc2ncn1C[C@@H](CO)Cc1ccsc1. The largest absolute Gasteiger partial charge is 0.396 e. The number of thiophene rings is 1. The normalized spacial score (nSPS) is 12.6. The van der Waals surface area contributed by atoms with Crippen LogP contribution in [0.15, 0.2) is 40.3 Å². The standard InChI is InChI=1S/C14H14N4O2S/c19-7-11(5-10-1-4-21-8-10)6-18-9-17-13-12(14(18)20)15-2-3-16-13/h1-4,8-9,11,19H,5-7H2/t11-/m0/s1. The predicted octanol–water partition coefficient (Wildman–Crippen LogP) is 1.10. The van der Waals surface area contributed by atoms with Crippen molar-refractivity contribution in [1.29, 1.82) is 0 Å². The molecule has 3 heterocycles. The minimum absolute atomic E-state index is 0.0147. The van der Waals surface area contributed by atoms with Crippen LogP contribution < -0.4 is 5.56 Å². The predicted molar refractivity (Wildman–Crippen MR) is 80.2 cm³/mol. The molecule has 0 aliphatic rings. The molecule has 7 heteroatoms. The fourth-order valence-electron chi connectivity index (χ4n) is 2.23. The molecule has 0 fully saturated rings. The lowest BCUT2D eigenvalue weighted by Gasteiger charge is -2.14. The number of nitrogens with zero attached hydrogens (tertiary/aromatic N) is 4. The van der Waals surface area contributed by atoms with Gasteiger partial charge in [0.1, 0.15) is 6.33 Å². The second kappa shape index (κ2) is 6.11. The Labute approximate surface area is 124 Å². The first-order valence-electron chi connectivity index (χ1n) is 6.56. The van der Waals surface area contributed by atoms with Gasteiger partial charge in [0.25, 0.3) is 5.56 Å². The van der Waals surface area contributed by atoms with Crippen molar-refractivity contribution < 1.29 is 5.11 Å². The van der Waals surface area contributed by atoms with Crippen LogP contribution in [0.25, 0.3) is 11.2 Å². The molecular weight excluding hydrogens is 288 g/mol. The van der Waals surface area contributed by atoms with Crippen molar-refractivity contribution in [2.45, 2.75) is 13.0 Å². The van der Waals surface area contributed by atoms with Gasteiger partial charge in [-0.15, -0.1) is 0 Å². The monoisotopic (exact) mass is 302 g/mol. The molecule has 0 saturated carbocycles. The maximum Gasteiger partial charge on any atom is 0.281 e. The molecule has 0 bridgehead atoms. The van der Waals surface area contributed by atoms with Gasteiger partial charge in [0.05, 0.1) is 0 Å². The fourth-order valence-corrected chi connectivity index (χ4v) is 2.91. The Morgan fingerprint density at radius 2 is 2.14 bits per heavy atom. The minimum atomic E-state index is -0.225. The lowest BCUT2D eigenvalue weighted by Crippen LogP contribution is -2.27. The van der Waals surface area contributed by atoms with Gasteiger partial charge in [0, 0.05) is 31.5 Å². The Morgan fingerprint density at radius 3 is 2.90 bits per heavy atom. The second-order valence-corrected chi connectivity index (χ2v) is 5.59. The Balaban J connectivity index is 1.86. The van der Waals surface area contributed by atoms with Crippen LogP contribution in [-0.2, 0) is 13.0 Å². The average molecular weight is 302 g/mol. The third-order valence-corrected chi connectivity index (χ3v) is 4.01. The summed E-state index contributed by atoms with van der Waals surface area (Å²) in [5, 5.41) is 13.6. The molecule has 0 aliphatic carbocycles. The zero-order chi connectivity index (χ0) is 14.7. The summed E-state index contributed by atoms with van der Waals surface area (Å²) in [5.41, 5.74) is 1.54. The van der Waals surface area contributed by atoms with Gasteiger partial charge < -0.3 is 5.11 Å². The van der Waals surface area contributed by atoms with E-state index in [1.807, 2.05) is 11.4 Å². The van der Waals surface area contributed by atoms with E-state index in [1.165, 1.54) is 28.9 Å². The van der Waals surface area contributed by atoms with Crippen LogP contribution >= 0.6 is 11.3 Å². The number of aromatic nitrogens is 4. The van der Waals surface area contributed by atoms with Gasteiger partial charge in [0.15, 0.2) is 11.2 Å². The molecule has 0 aliphatic heterocycles. The summed E-state index contributed by atoms with van der Waals surface area (Å²) < 4.78 is 1.49. The molecule has 3 aromatic heterocycles. The Hall–Kier alpha value is -2.12. The summed E-state index contributed by atoms with van der Waals surface area (Å²) in [6.45, 7) is 0.422. The lowest BCUT2D eigenvalue weighted by atomic mass is 10.0. The van der Waals surface area contributed by atoms with Gasteiger partial charge in [-0.05, 0) is 28.8 Å². The molecule has 1 N–H and O–H groups in total. The van der Waals surface area contributed by atoms with E-state index in [0.717, 1.165) is 6.42 Å². The van der Waals surface area contributed by atoms with Gasteiger partial charge in [0.2, 0.25) is 0 Å². The van der Waals surface area contributed by atoms with Crippen LogP contribution in [0.4, 0.5) is 0 Å². The van der Waals surface area contributed by atoms with E-state index in [4.69, 9.17) is 0 Å². The van der Waals surface area contributed by atoms with Crippen LogP contribution in [0, 0.1) is 5.92 Å². The molecule has 0 amide bonds. The zero-order valence-corrected chi connectivity index (χ0v) is 12.0. The molecule has 0 aromatic carbocycles. The van der Waals surface area contributed by atoms with Crippen molar-refractivity contribution in [3.8, 4) is 0 Å². The third-order valence-electron chi connectivity index (χ3n) is 3.28. The number of aliphatic hydroxyl groups is 1. The highest BCUT2D eigenvalue weighted by Gasteiger charge is 2.13. The number of hydrogen-bond donors (Lipinski definition) is 1. The topological polar surface area (TPSA) is 80.9 Å². The van der Waals surface area contributed by atoms with Crippen LogP contribution in [0.1, 0.15) is 5.56 Å². The first kappa shape index (κ1) is 13.8. The van der Waals surface area contributed by atoms with Gasteiger partial charge >= 0.3 is 0 Å². The maximum absolute atomic E-state index is 12.3. The van der Waals surface area contributed by atoms with Crippen LogP contribution in [0.5, 0.6) is 0 Å². The number of hydrogen-bond acceptors (Lipinski definition) is 6. The molecule has 6 nitrogen and oxygen atoms in total. The second-order valence-electron chi connectivity index (χ2n) is 4.81. The molecule has 0 saturated heterocycles. The highest BCUT2D eigenvalue weighted by Crippen LogP contribution is 2.13. The van der Waals surface area contributed by atoms with Crippen molar-refractivity contribution in [2.75, 3.05) is 6.61 Å². The van der Waals surface area contributed by atoms with E-state index < -0.39 is 0 Å². The fraction of sp³-hybridized carbons (Fsp3) is 0.286. The van der Waals surface area contributed by atoms with Gasteiger partial charge in [-0.3, -0.25) is 9.36 Å². The van der Waals surface area contributed by atoms with Crippen molar-refractivity contribution in [1.82, 2.24) is 19.5 Å². The molecule has 3 rings (SSSR count). The Kier molecular flexibility index (Phi) is 4.03. The lowest BCUT2D eigenvalue weighted by molar-refractivity contribution is 0.209. The summed E-state index contributed by atoms with van der Waals surface area (Å²) in [6, 6.07) is 2.03. The van der Waals surface area contributed by atoms with E-state index in [1.54, 1.807) is 11.3 Å². The summed E-state index contributed by atoms with van der Waals surface area (Å²) in [6.07, 6.45) is 5.18. The summed E-state index contributed by atoms with van der Waals surface area (Å²) in [4.78, 5) is 24.5. The van der Waals surface area contributed by atoms with Crippen molar-refractivity contribution in [2.24, 2.45) is 5.92 Å². The zero-order valence-electron chi connectivity index (χ0n) is 11.2. The van der Waals surface area contributed by atoms with Crippen LogP contribution in [-0.4, -0.2) is 31.2 Å². The summed E-state index contributed by atoms with van der Waals surface area (Å²) in [7, 11) is 0. The van der Waals surface area contributed by atoms with Gasteiger partial charge in [-0.1, -0.05) is 0 Å². The van der Waals surface area contributed by atoms with Gasteiger partial charge in [-0.2, -0.15) is 11.3 Å². The Morgan fingerprint density at radius 1 is 1.29 bits per heavy atom. The maximum atomic E-state index is 12.3. The molecular formula is C14H14N4O2S. The third kappa shape index (κ3) is 2.98. The van der Waals surface area contributed by atoms with Gasteiger partial charge in [-0.25, -0.2) is 15.0 Å². The van der Waals surface area contributed by atoms with E-state index in [2.05, 4.69) is 20.3 Å². The van der Waals surface area contributed by atoms with Crippen LogP contribution in [0.2, 0.25) is 0 Å². The number of aliphatic hydroxyl groups excluding tert-OH is 1. The molecule has 21 heavy (non-hydrogen) atoms. The minimum Gasteiger partial charge on any atom is -0.396 e. The van der Waals surface area contributed by atoms with Crippen molar-refractivity contribution in [3.63, 3.8) is 0 Å². The molecule has 0 unspecified atom stereocenters. The molecule has 0 spiro atoms. The highest BCUT2D eigenvalue weighted by molar-refractivity contribution is 7.07. The van der Waals surface area contributed by atoms with E-state index in [-0.39, 0.29) is 23.6 Å². The number of fused-ring (bicyclic) bond motifs is 1. The van der Waals surface area contributed by atoms with E-state index in [9.17, 15) is 9.90 Å². The molecule has 3 aromatic rings. The first-order chi connectivity index (χ1) is 10.3. The first-order valence-corrected chi connectivity index (χ1v) is 7.50. The number of rotatable bonds is 5. The van der Waals surface area contributed by atoms with Crippen LogP contribution in [0.3, 0.4) is 0 Å². The van der Waals surface area contributed by atoms with Crippen molar-refractivity contribution in [3.05, 3.63) is 51.5 Å². The van der Waals surface area contributed by atoms with E-state index in [0.29, 0.717) is 12.2 Å². The quantitative estimate of drug-likeness (QED) is 0.763. The molecule has 0 radical (unpaired) electrons. The Bertz CT molecular complexity index is 785. The van der Waals surface area contributed by atoms with Crippen molar-refractivity contribution >= 4 is 22.5 Å². The summed E-state index contributed by atoms with van der Waals surface area (Å²) >= 11 is 1.62. The molecule has 108 valence electrons. The van der Waals surface area contributed by atoms with E-state index >= 15 is 0 Å². The summed E-state index contributed by atoms with van der Waals surface area (Å²) in [5.74, 6) is -0.0341. The highest BCUT2D eigenvalue weighted by atomic mass is 32.1.